The van der Waals surface area contributed by atoms with Crippen molar-refractivity contribution in [2.45, 2.75) is 50.8 Å². The van der Waals surface area contributed by atoms with Crippen LogP contribution in [-0.2, 0) is 5.54 Å². The number of likely N-dealkylation sites (tertiary alicyclic amines) is 1. The quantitative estimate of drug-likeness (QED) is 0.302. The topological polar surface area (TPSA) is 74.7 Å². The molecule has 1 aliphatic heterocycles. The highest BCUT2D eigenvalue weighted by Gasteiger charge is 2.47. The number of aliphatic hydroxyl groups is 1. The van der Waals surface area contributed by atoms with Crippen LogP contribution in [0.1, 0.15) is 58.7 Å². The van der Waals surface area contributed by atoms with Crippen molar-refractivity contribution in [2.75, 3.05) is 20.2 Å². The molecule has 2 aliphatic rings. The summed E-state index contributed by atoms with van der Waals surface area (Å²) in [5, 5.41) is 14.5. The molecule has 2 aromatic heterocycles. The lowest BCUT2D eigenvalue weighted by Gasteiger charge is -2.37. The maximum absolute atomic E-state index is 13.7. The van der Waals surface area contributed by atoms with E-state index in [2.05, 4.69) is 46.5 Å². The lowest BCUT2D eigenvalue weighted by Crippen LogP contribution is -2.48. The van der Waals surface area contributed by atoms with Crippen LogP contribution in [0.25, 0.3) is 21.3 Å². The van der Waals surface area contributed by atoms with Gasteiger partial charge < -0.3 is 15.2 Å². The number of fused-ring (bicyclic) bond motifs is 1. The number of hydrogen-bond donors (Lipinski definition) is 2. The van der Waals surface area contributed by atoms with Crippen molar-refractivity contribution < 1.29 is 14.6 Å². The van der Waals surface area contributed by atoms with Crippen LogP contribution in [0.3, 0.4) is 0 Å². The van der Waals surface area contributed by atoms with Crippen LogP contribution >= 0.6 is 11.3 Å². The first-order valence-electron chi connectivity index (χ1n) is 13.3. The number of pyridine rings is 1. The van der Waals surface area contributed by atoms with E-state index in [1.54, 1.807) is 24.5 Å². The minimum atomic E-state index is -0.501. The van der Waals surface area contributed by atoms with Crippen molar-refractivity contribution in [2.24, 2.45) is 0 Å². The van der Waals surface area contributed by atoms with Crippen molar-refractivity contribution >= 4 is 28.1 Å². The average Bonchev–Trinajstić information content (AvgIpc) is 3.50. The zero-order valence-electron chi connectivity index (χ0n) is 22.0. The predicted molar refractivity (Wildman–Crippen MR) is 152 cm³/mol. The first-order valence-corrected chi connectivity index (χ1v) is 14.1. The van der Waals surface area contributed by atoms with E-state index >= 15 is 0 Å². The van der Waals surface area contributed by atoms with Crippen LogP contribution in [0.4, 0.5) is 0 Å². The van der Waals surface area contributed by atoms with E-state index in [1.165, 1.54) is 0 Å². The Kier molecular flexibility index (Phi) is 6.46. The van der Waals surface area contributed by atoms with E-state index in [0.717, 1.165) is 68.9 Å². The predicted octanol–water partition coefficient (Wildman–Crippen LogP) is 5.83. The van der Waals surface area contributed by atoms with Crippen molar-refractivity contribution in [1.29, 1.82) is 0 Å². The van der Waals surface area contributed by atoms with Gasteiger partial charge in [0.2, 0.25) is 0 Å². The molecule has 1 saturated heterocycles. The van der Waals surface area contributed by atoms with Crippen molar-refractivity contribution in [3.05, 3.63) is 82.4 Å². The van der Waals surface area contributed by atoms with E-state index < -0.39 is 11.6 Å². The summed E-state index contributed by atoms with van der Waals surface area (Å²) >= 11 is 1.59. The fourth-order valence-corrected chi connectivity index (χ4v) is 6.17. The number of nitrogens with zero attached hydrogens (tertiary/aromatic N) is 2. The monoisotopic (exact) mass is 527 g/mol. The molecule has 0 spiro atoms. The van der Waals surface area contributed by atoms with Crippen LogP contribution in [-0.4, -0.2) is 47.1 Å². The Balaban J connectivity index is 1.30. The maximum atomic E-state index is 13.7. The first-order chi connectivity index (χ1) is 18.3. The summed E-state index contributed by atoms with van der Waals surface area (Å²) in [5.74, 6) is 0.648. The summed E-state index contributed by atoms with van der Waals surface area (Å²) in [4.78, 5) is 22.6. The van der Waals surface area contributed by atoms with Crippen LogP contribution in [0.2, 0.25) is 0 Å². The van der Waals surface area contributed by atoms with Crippen LogP contribution in [0, 0.1) is 6.92 Å². The second kappa shape index (κ2) is 9.80. The number of aliphatic hydroxyl groups excluding tert-OH is 1. The zero-order valence-corrected chi connectivity index (χ0v) is 22.8. The Morgan fingerprint density at radius 1 is 1.24 bits per heavy atom. The Morgan fingerprint density at radius 2 is 2.08 bits per heavy atom. The molecule has 0 radical (unpaired) electrons. The fourth-order valence-electron chi connectivity index (χ4n) is 5.23. The number of ether oxygens (including phenoxy) is 1. The molecule has 1 amide bonds. The molecular weight excluding hydrogens is 494 g/mol. The van der Waals surface area contributed by atoms with Gasteiger partial charge in [-0.2, -0.15) is 0 Å². The number of carbonyl (C=O) groups is 1. The summed E-state index contributed by atoms with van der Waals surface area (Å²) in [7, 11) is 2.11. The van der Waals surface area contributed by atoms with E-state index in [-0.39, 0.29) is 5.91 Å². The summed E-state index contributed by atoms with van der Waals surface area (Å²) in [6.07, 6.45) is 4.20. The molecule has 0 bridgehead atoms. The second-order valence-corrected chi connectivity index (χ2v) is 11.8. The molecule has 1 aliphatic carbocycles. The lowest BCUT2D eigenvalue weighted by molar-refractivity contribution is 0.0767. The normalized spacial score (nSPS) is 19.1. The first kappa shape index (κ1) is 25.0. The van der Waals surface area contributed by atoms with Gasteiger partial charge in [-0.3, -0.25) is 14.7 Å². The number of rotatable bonds is 8. The molecule has 6 nitrogen and oxygen atoms in total. The molecule has 196 valence electrons. The number of benzene rings is 2. The van der Waals surface area contributed by atoms with Gasteiger partial charge in [-0.1, -0.05) is 12.1 Å². The SMILES string of the molecule is Cc1ccc(OC[C@@H]2CCN2C)cc1C(=O)NC1(c2cc(-c3ccc(C(C)O)s3)cc3ncccc23)CC1. The molecule has 3 heterocycles. The van der Waals surface area contributed by atoms with Gasteiger partial charge in [-0.05, 0) is 106 Å². The minimum absolute atomic E-state index is 0.0822. The molecule has 38 heavy (non-hydrogen) atoms. The highest BCUT2D eigenvalue weighted by Crippen LogP contribution is 2.49. The molecule has 4 aromatic rings. The standard InChI is InChI=1S/C31H33N3O3S/c1-19-6-7-23(37-18-22-10-14-34(22)3)17-25(19)30(36)33-31(11-12-31)26-15-21(16-27-24(26)5-4-13-32-27)29-9-8-28(38-29)20(2)35/h4-9,13,15-17,20,22,35H,10-12,14,18H2,1-3H3,(H,33,36)/t20?,22-/m0/s1. The van der Waals surface area contributed by atoms with Gasteiger partial charge in [-0.25, -0.2) is 0 Å². The van der Waals surface area contributed by atoms with Gasteiger partial charge in [-0.15, -0.1) is 11.3 Å². The number of carbonyl (C=O) groups excluding carboxylic acids is 1. The summed E-state index contributed by atoms with van der Waals surface area (Å²) in [6, 6.07) is 18.6. The van der Waals surface area contributed by atoms with Crippen LogP contribution < -0.4 is 10.1 Å². The highest BCUT2D eigenvalue weighted by molar-refractivity contribution is 7.15. The molecule has 2 atom stereocenters. The number of nitrogens with one attached hydrogen (secondary N) is 1. The molecule has 2 fully saturated rings. The smallest absolute Gasteiger partial charge is 0.252 e. The van der Waals surface area contributed by atoms with Gasteiger partial charge in [0, 0.05) is 32.9 Å². The Bertz CT molecular complexity index is 1510. The number of likely N-dealkylation sites (N-methyl/N-ethyl adjacent to an activating group) is 1. The molecular formula is C31H33N3O3S. The maximum Gasteiger partial charge on any atom is 0.252 e. The van der Waals surface area contributed by atoms with Gasteiger partial charge >= 0.3 is 0 Å². The molecule has 2 N–H and O–H groups in total. The third-order valence-electron chi connectivity index (χ3n) is 8.00. The van der Waals surface area contributed by atoms with E-state index in [9.17, 15) is 9.90 Å². The summed E-state index contributed by atoms with van der Waals surface area (Å²) < 4.78 is 6.05. The number of aryl methyl sites for hydroxylation is 1. The molecule has 6 rings (SSSR count). The van der Waals surface area contributed by atoms with Crippen LogP contribution in [0.15, 0.2) is 60.8 Å². The van der Waals surface area contributed by atoms with Gasteiger partial charge in [0.25, 0.3) is 5.91 Å². The number of thiophene rings is 1. The Hall–Kier alpha value is -3.26. The third kappa shape index (κ3) is 4.70. The van der Waals surface area contributed by atoms with Crippen LogP contribution in [0.5, 0.6) is 5.75 Å². The Morgan fingerprint density at radius 3 is 2.76 bits per heavy atom. The van der Waals surface area contributed by atoms with E-state index in [0.29, 0.717) is 18.2 Å². The molecule has 7 heteroatoms. The van der Waals surface area contributed by atoms with Crippen molar-refractivity contribution in [3.63, 3.8) is 0 Å². The minimum Gasteiger partial charge on any atom is -0.492 e. The average molecular weight is 528 g/mol. The molecule has 1 unspecified atom stereocenters. The summed E-state index contributed by atoms with van der Waals surface area (Å²) in [5.41, 5.74) is 4.19. The van der Waals surface area contributed by atoms with Crippen molar-refractivity contribution in [3.8, 4) is 16.2 Å². The third-order valence-corrected chi connectivity index (χ3v) is 9.30. The summed E-state index contributed by atoms with van der Waals surface area (Å²) in [6.45, 7) is 5.49. The van der Waals surface area contributed by atoms with E-state index in [1.807, 2.05) is 37.3 Å². The number of hydrogen-bond acceptors (Lipinski definition) is 6. The fraction of sp³-hybridized carbons (Fsp3) is 0.355. The largest absolute Gasteiger partial charge is 0.492 e. The van der Waals surface area contributed by atoms with E-state index in [4.69, 9.17) is 4.74 Å². The van der Waals surface area contributed by atoms with Crippen molar-refractivity contribution in [1.82, 2.24) is 15.2 Å². The number of amides is 1. The highest BCUT2D eigenvalue weighted by atomic mass is 32.1. The molecule has 1 saturated carbocycles. The van der Waals surface area contributed by atoms with Gasteiger partial charge in [0.15, 0.2) is 0 Å². The Labute approximate surface area is 227 Å². The molecule has 2 aromatic carbocycles. The second-order valence-electron chi connectivity index (χ2n) is 10.7. The van der Waals surface area contributed by atoms with Gasteiger partial charge in [0.1, 0.15) is 12.4 Å². The number of aromatic nitrogens is 1. The van der Waals surface area contributed by atoms with Gasteiger partial charge in [0.05, 0.1) is 17.2 Å². The lowest BCUT2D eigenvalue weighted by atomic mass is 9.95. The zero-order chi connectivity index (χ0) is 26.4.